The van der Waals surface area contributed by atoms with Crippen LogP contribution in [0.3, 0.4) is 0 Å². The summed E-state index contributed by atoms with van der Waals surface area (Å²) < 4.78 is 7.04. The van der Waals surface area contributed by atoms with Crippen molar-refractivity contribution in [3.05, 3.63) is 72.1 Å². The second kappa shape index (κ2) is 9.22. The number of fused-ring (bicyclic) bond motifs is 1. The van der Waals surface area contributed by atoms with Crippen LogP contribution in [0.1, 0.15) is 18.2 Å². The van der Waals surface area contributed by atoms with Crippen LogP contribution in [-0.2, 0) is 11.2 Å². The Kier molecular flexibility index (Phi) is 6.23. The SMILES string of the molecule is CCc1cccc(NC(=O)CSc2cc(C)nc3c(-c4ccc(OC)cc4)cnn23)c1. The topological polar surface area (TPSA) is 68.5 Å². The van der Waals surface area contributed by atoms with Gasteiger partial charge >= 0.3 is 0 Å². The van der Waals surface area contributed by atoms with Gasteiger partial charge in [-0.15, -0.1) is 0 Å². The maximum absolute atomic E-state index is 12.5. The molecule has 0 saturated carbocycles. The summed E-state index contributed by atoms with van der Waals surface area (Å²) in [6.45, 7) is 4.04. The smallest absolute Gasteiger partial charge is 0.234 e. The number of methoxy groups -OCH3 is 1. The second-order valence-corrected chi connectivity index (χ2v) is 8.14. The Morgan fingerprint density at radius 3 is 2.71 bits per heavy atom. The number of carbonyl (C=O) groups is 1. The number of amides is 1. The van der Waals surface area contributed by atoms with Crippen LogP contribution in [0.2, 0.25) is 0 Å². The molecule has 0 spiro atoms. The quantitative estimate of drug-likeness (QED) is 0.329. The second-order valence-electron chi connectivity index (χ2n) is 7.15. The van der Waals surface area contributed by atoms with E-state index in [0.717, 1.165) is 45.4 Å². The Hall–Kier alpha value is -3.32. The molecule has 4 aromatic rings. The first-order valence-electron chi connectivity index (χ1n) is 10.1. The van der Waals surface area contributed by atoms with Crippen molar-refractivity contribution in [1.82, 2.24) is 14.6 Å². The lowest BCUT2D eigenvalue weighted by atomic mass is 10.1. The standard InChI is InChI=1S/C24H24N4O2S/c1-4-17-6-5-7-19(13-17)27-22(29)15-31-23-12-16(2)26-24-21(14-25-28(23)24)18-8-10-20(30-3)11-9-18/h5-14H,4,15H2,1-3H3,(H,27,29). The summed E-state index contributed by atoms with van der Waals surface area (Å²) in [6.07, 6.45) is 2.74. The number of aryl methyl sites for hydroxylation is 2. The highest BCUT2D eigenvalue weighted by molar-refractivity contribution is 7.99. The van der Waals surface area contributed by atoms with Crippen molar-refractivity contribution in [2.45, 2.75) is 25.3 Å². The predicted octanol–water partition coefficient (Wildman–Crippen LogP) is 5.01. The average molecular weight is 433 g/mol. The van der Waals surface area contributed by atoms with E-state index in [0.29, 0.717) is 0 Å². The summed E-state index contributed by atoms with van der Waals surface area (Å²) in [6, 6.07) is 17.7. The molecule has 2 aromatic heterocycles. The van der Waals surface area contributed by atoms with E-state index in [9.17, 15) is 4.79 Å². The molecule has 6 nitrogen and oxygen atoms in total. The van der Waals surface area contributed by atoms with E-state index in [-0.39, 0.29) is 11.7 Å². The third-order valence-corrected chi connectivity index (χ3v) is 5.93. The van der Waals surface area contributed by atoms with Crippen LogP contribution in [0.4, 0.5) is 5.69 Å². The maximum atomic E-state index is 12.5. The Balaban J connectivity index is 1.53. The number of carbonyl (C=O) groups excluding carboxylic acids is 1. The van der Waals surface area contributed by atoms with Gasteiger partial charge in [-0.1, -0.05) is 43.0 Å². The number of ether oxygens (including phenoxy) is 1. The van der Waals surface area contributed by atoms with E-state index < -0.39 is 0 Å². The molecule has 0 aliphatic rings. The molecule has 0 aliphatic heterocycles. The summed E-state index contributed by atoms with van der Waals surface area (Å²) in [4.78, 5) is 17.2. The number of hydrogen-bond acceptors (Lipinski definition) is 5. The zero-order valence-electron chi connectivity index (χ0n) is 17.8. The minimum absolute atomic E-state index is 0.0524. The van der Waals surface area contributed by atoms with E-state index in [2.05, 4.69) is 28.4 Å². The van der Waals surface area contributed by atoms with Crippen LogP contribution >= 0.6 is 11.8 Å². The number of nitrogens with one attached hydrogen (secondary N) is 1. The van der Waals surface area contributed by atoms with E-state index in [1.165, 1.54) is 17.3 Å². The summed E-state index contributed by atoms with van der Waals surface area (Å²) in [7, 11) is 1.65. The largest absolute Gasteiger partial charge is 0.497 e. The van der Waals surface area contributed by atoms with Gasteiger partial charge in [0.05, 0.1) is 19.1 Å². The van der Waals surface area contributed by atoms with Gasteiger partial charge in [0.25, 0.3) is 0 Å². The molecular formula is C24H24N4O2S. The van der Waals surface area contributed by atoms with Gasteiger partial charge in [-0.2, -0.15) is 5.10 Å². The van der Waals surface area contributed by atoms with E-state index >= 15 is 0 Å². The number of aromatic nitrogens is 3. The Bertz CT molecular complexity index is 1220. The third kappa shape index (κ3) is 4.72. The first kappa shape index (κ1) is 20.9. The Morgan fingerprint density at radius 2 is 1.97 bits per heavy atom. The maximum Gasteiger partial charge on any atom is 0.234 e. The monoisotopic (exact) mass is 432 g/mol. The van der Waals surface area contributed by atoms with Crippen LogP contribution < -0.4 is 10.1 Å². The summed E-state index contributed by atoms with van der Waals surface area (Å²) in [5.74, 6) is 1.03. The third-order valence-electron chi connectivity index (χ3n) is 4.94. The fourth-order valence-electron chi connectivity index (χ4n) is 3.33. The molecule has 0 bridgehead atoms. The number of thioether (sulfide) groups is 1. The minimum atomic E-state index is -0.0524. The van der Waals surface area contributed by atoms with Crippen molar-refractivity contribution in [1.29, 1.82) is 0 Å². The molecule has 1 N–H and O–H groups in total. The number of benzene rings is 2. The predicted molar refractivity (Wildman–Crippen MR) is 125 cm³/mol. The normalized spacial score (nSPS) is 10.9. The highest BCUT2D eigenvalue weighted by Crippen LogP contribution is 2.29. The van der Waals surface area contributed by atoms with Crippen molar-refractivity contribution in [3.63, 3.8) is 0 Å². The van der Waals surface area contributed by atoms with E-state index in [4.69, 9.17) is 4.74 Å². The molecule has 0 atom stereocenters. The zero-order valence-corrected chi connectivity index (χ0v) is 18.6. The first-order valence-corrected chi connectivity index (χ1v) is 11.1. The van der Waals surface area contributed by atoms with Crippen molar-refractivity contribution in [2.75, 3.05) is 18.2 Å². The van der Waals surface area contributed by atoms with Crippen LogP contribution in [-0.4, -0.2) is 33.4 Å². The molecule has 31 heavy (non-hydrogen) atoms. The fraction of sp³-hybridized carbons (Fsp3) is 0.208. The molecule has 2 heterocycles. The first-order chi connectivity index (χ1) is 15.1. The van der Waals surface area contributed by atoms with Crippen LogP contribution in [0, 0.1) is 6.92 Å². The number of nitrogens with zero attached hydrogens (tertiary/aromatic N) is 3. The lowest BCUT2D eigenvalue weighted by Crippen LogP contribution is -2.14. The summed E-state index contributed by atoms with van der Waals surface area (Å²) >= 11 is 1.44. The molecule has 158 valence electrons. The van der Waals surface area contributed by atoms with Crippen LogP contribution in [0.15, 0.2) is 65.8 Å². The van der Waals surface area contributed by atoms with Crippen LogP contribution in [0.5, 0.6) is 5.75 Å². The summed E-state index contributed by atoms with van der Waals surface area (Å²) in [5.41, 5.74) is 5.61. The van der Waals surface area contributed by atoms with Gasteiger partial charge in [-0.3, -0.25) is 4.79 Å². The number of rotatable bonds is 7. The number of anilines is 1. The van der Waals surface area contributed by atoms with Gasteiger partial charge in [0, 0.05) is 16.9 Å². The van der Waals surface area contributed by atoms with Crippen molar-refractivity contribution in [3.8, 4) is 16.9 Å². The Labute approximate surface area is 185 Å². The highest BCUT2D eigenvalue weighted by atomic mass is 32.2. The molecule has 0 fully saturated rings. The Morgan fingerprint density at radius 1 is 1.16 bits per heavy atom. The molecule has 1 amide bonds. The van der Waals surface area contributed by atoms with Gasteiger partial charge in [-0.05, 0) is 54.8 Å². The lowest BCUT2D eigenvalue weighted by molar-refractivity contribution is -0.113. The van der Waals surface area contributed by atoms with E-state index in [1.54, 1.807) is 11.6 Å². The average Bonchev–Trinajstić information content (AvgIpc) is 3.21. The van der Waals surface area contributed by atoms with Crippen LogP contribution in [0.25, 0.3) is 16.8 Å². The molecule has 2 aromatic carbocycles. The molecule has 4 rings (SSSR count). The van der Waals surface area contributed by atoms with Crippen molar-refractivity contribution in [2.24, 2.45) is 0 Å². The van der Waals surface area contributed by atoms with E-state index in [1.807, 2.05) is 61.7 Å². The highest BCUT2D eigenvalue weighted by Gasteiger charge is 2.14. The summed E-state index contributed by atoms with van der Waals surface area (Å²) in [5, 5.41) is 8.38. The lowest BCUT2D eigenvalue weighted by Gasteiger charge is -2.09. The molecule has 0 radical (unpaired) electrons. The molecular weight excluding hydrogens is 408 g/mol. The van der Waals surface area contributed by atoms with Gasteiger partial charge in [0.1, 0.15) is 10.8 Å². The minimum Gasteiger partial charge on any atom is -0.497 e. The van der Waals surface area contributed by atoms with Gasteiger partial charge in [0.15, 0.2) is 5.65 Å². The molecule has 0 saturated heterocycles. The molecule has 0 aliphatic carbocycles. The van der Waals surface area contributed by atoms with Crippen molar-refractivity contribution < 1.29 is 9.53 Å². The van der Waals surface area contributed by atoms with Gasteiger partial charge in [-0.25, -0.2) is 9.50 Å². The van der Waals surface area contributed by atoms with Crippen molar-refractivity contribution >= 4 is 29.0 Å². The van der Waals surface area contributed by atoms with Gasteiger partial charge < -0.3 is 10.1 Å². The number of hydrogen-bond donors (Lipinski definition) is 1. The molecule has 7 heteroatoms. The van der Waals surface area contributed by atoms with Gasteiger partial charge in [0.2, 0.25) is 5.91 Å². The molecule has 0 unspecified atom stereocenters. The zero-order chi connectivity index (χ0) is 21.8. The fourth-order valence-corrected chi connectivity index (χ4v) is 4.19.